The van der Waals surface area contributed by atoms with Gasteiger partial charge >= 0.3 is 5.69 Å². The van der Waals surface area contributed by atoms with Gasteiger partial charge in [0.1, 0.15) is 5.75 Å². The van der Waals surface area contributed by atoms with E-state index in [4.69, 9.17) is 4.74 Å². The van der Waals surface area contributed by atoms with Crippen LogP contribution in [0.2, 0.25) is 0 Å². The average Bonchev–Trinajstić information content (AvgIpc) is 2.61. The van der Waals surface area contributed by atoms with Gasteiger partial charge in [-0.2, -0.15) is 5.10 Å². The first-order valence-corrected chi connectivity index (χ1v) is 7.03. The lowest BCUT2D eigenvalue weighted by atomic mass is 10.2. The number of nitrogens with zero attached hydrogens (tertiary/aromatic N) is 3. The first-order chi connectivity index (χ1) is 12.4. The normalized spacial score (nSPS) is 10.5. The van der Waals surface area contributed by atoms with Crippen LogP contribution < -0.4 is 10.2 Å². The highest BCUT2D eigenvalue weighted by atomic mass is 16.6. The second-order valence-corrected chi connectivity index (χ2v) is 4.84. The monoisotopic (exact) mass is 360 g/mol. The second-order valence-electron chi connectivity index (χ2n) is 4.84. The van der Waals surface area contributed by atoms with Gasteiger partial charge in [0.15, 0.2) is 12.4 Å². The molecule has 1 amide bonds. The third kappa shape index (κ3) is 4.99. The van der Waals surface area contributed by atoms with Crippen molar-refractivity contribution in [3.8, 4) is 11.5 Å². The van der Waals surface area contributed by atoms with Gasteiger partial charge in [0, 0.05) is 17.7 Å². The largest absolute Gasteiger partial charge is 0.502 e. The molecule has 134 valence electrons. The van der Waals surface area contributed by atoms with E-state index in [0.29, 0.717) is 0 Å². The summed E-state index contributed by atoms with van der Waals surface area (Å²) in [6, 6.07) is 8.93. The Morgan fingerprint density at radius 2 is 1.96 bits per heavy atom. The molecule has 2 aromatic carbocycles. The van der Waals surface area contributed by atoms with E-state index in [1.807, 2.05) is 0 Å². The fourth-order valence-electron chi connectivity index (χ4n) is 1.81. The zero-order valence-corrected chi connectivity index (χ0v) is 13.1. The third-order valence-corrected chi connectivity index (χ3v) is 3.00. The molecule has 11 nitrogen and oxygen atoms in total. The fraction of sp³-hybridized carbons (Fsp3) is 0.0667. The van der Waals surface area contributed by atoms with Crippen molar-refractivity contribution < 1.29 is 24.5 Å². The molecule has 0 aliphatic rings. The van der Waals surface area contributed by atoms with E-state index in [1.54, 1.807) is 0 Å². The number of benzene rings is 2. The van der Waals surface area contributed by atoms with Crippen LogP contribution in [-0.2, 0) is 4.79 Å². The predicted molar refractivity (Wildman–Crippen MR) is 89.1 cm³/mol. The zero-order chi connectivity index (χ0) is 19.1. The Morgan fingerprint density at radius 1 is 1.19 bits per heavy atom. The molecular formula is C15H12N4O7. The number of rotatable bonds is 7. The predicted octanol–water partition coefficient (Wildman–Crippen LogP) is 1.74. The van der Waals surface area contributed by atoms with Crippen LogP contribution in [0.5, 0.6) is 11.5 Å². The third-order valence-electron chi connectivity index (χ3n) is 3.00. The summed E-state index contributed by atoms with van der Waals surface area (Å²) >= 11 is 0. The molecule has 0 atom stereocenters. The number of hydrogen-bond acceptors (Lipinski definition) is 8. The number of phenolic OH excluding ortho intramolecular Hbond substituents is 1. The highest BCUT2D eigenvalue weighted by Gasteiger charge is 2.13. The SMILES string of the molecule is O=C(COc1cccc([N+](=O)[O-])c1)NN=Cc1ccc(O)c([N+](=O)[O-])c1. The van der Waals surface area contributed by atoms with Gasteiger partial charge in [-0.15, -0.1) is 0 Å². The Labute approximate surface area is 145 Å². The van der Waals surface area contributed by atoms with Crippen LogP contribution in [0.1, 0.15) is 5.56 Å². The Balaban J connectivity index is 1.90. The summed E-state index contributed by atoms with van der Waals surface area (Å²) in [5, 5.41) is 34.3. The van der Waals surface area contributed by atoms with E-state index in [0.717, 1.165) is 18.3 Å². The Kier molecular flexibility index (Phi) is 5.77. The minimum Gasteiger partial charge on any atom is -0.502 e. The van der Waals surface area contributed by atoms with Crippen LogP contribution >= 0.6 is 0 Å². The zero-order valence-electron chi connectivity index (χ0n) is 13.1. The van der Waals surface area contributed by atoms with Crippen molar-refractivity contribution >= 4 is 23.5 Å². The minimum atomic E-state index is -0.752. The minimum absolute atomic E-state index is 0.146. The number of carbonyl (C=O) groups is 1. The van der Waals surface area contributed by atoms with E-state index >= 15 is 0 Å². The molecule has 0 saturated heterocycles. The molecule has 2 aromatic rings. The summed E-state index contributed by atoms with van der Waals surface area (Å²) in [6.45, 7) is -0.436. The molecule has 26 heavy (non-hydrogen) atoms. The first-order valence-electron chi connectivity index (χ1n) is 7.03. The van der Waals surface area contributed by atoms with Crippen molar-refractivity contribution in [3.05, 3.63) is 68.3 Å². The molecule has 0 bridgehead atoms. The van der Waals surface area contributed by atoms with Crippen LogP contribution in [0.3, 0.4) is 0 Å². The van der Waals surface area contributed by atoms with Crippen molar-refractivity contribution in [2.75, 3.05) is 6.61 Å². The molecule has 0 heterocycles. The standard InChI is InChI=1S/C15H12N4O7/c20-14-5-4-10(6-13(14)19(24)25)8-16-17-15(21)9-26-12-3-1-2-11(7-12)18(22)23/h1-8,20H,9H2,(H,17,21). The van der Waals surface area contributed by atoms with Gasteiger partial charge in [-0.05, 0) is 18.2 Å². The van der Waals surface area contributed by atoms with Crippen LogP contribution in [0, 0.1) is 20.2 Å². The fourth-order valence-corrected chi connectivity index (χ4v) is 1.81. The van der Waals surface area contributed by atoms with Crippen molar-refractivity contribution in [2.24, 2.45) is 5.10 Å². The molecule has 0 aliphatic heterocycles. The number of aromatic hydroxyl groups is 1. The van der Waals surface area contributed by atoms with Crippen LogP contribution in [0.15, 0.2) is 47.6 Å². The van der Waals surface area contributed by atoms with Crippen molar-refractivity contribution in [1.29, 1.82) is 0 Å². The molecule has 0 aliphatic carbocycles. The summed E-state index contributed by atoms with van der Waals surface area (Å²) in [5.74, 6) is -0.977. The van der Waals surface area contributed by atoms with E-state index in [-0.39, 0.29) is 17.0 Å². The number of phenols is 1. The summed E-state index contributed by atoms with van der Waals surface area (Å²) in [7, 11) is 0. The average molecular weight is 360 g/mol. The van der Waals surface area contributed by atoms with E-state index < -0.39 is 33.8 Å². The summed E-state index contributed by atoms with van der Waals surface area (Å²) in [5.41, 5.74) is 1.77. The lowest BCUT2D eigenvalue weighted by molar-refractivity contribution is -0.385. The van der Waals surface area contributed by atoms with E-state index in [1.165, 1.54) is 30.3 Å². The quantitative estimate of drug-likeness (QED) is 0.432. The van der Waals surface area contributed by atoms with Crippen molar-refractivity contribution in [2.45, 2.75) is 0 Å². The van der Waals surface area contributed by atoms with Crippen LogP contribution in [0.25, 0.3) is 0 Å². The molecule has 0 spiro atoms. The molecule has 2 rings (SSSR count). The number of non-ortho nitro benzene ring substituents is 1. The molecule has 0 saturated carbocycles. The maximum atomic E-state index is 11.6. The molecule has 2 N–H and O–H groups in total. The van der Waals surface area contributed by atoms with E-state index in [9.17, 15) is 30.1 Å². The number of nitro benzene ring substituents is 2. The number of hydrazone groups is 1. The van der Waals surface area contributed by atoms with Gasteiger partial charge in [0.2, 0.25) is 0 Å². The topological polar surface area (TPSA) is 157 Å². The van der Waals surface area contributed by atoms with Crippen LogP contribution in [-0.4, -0.2) is 33.7 Å². The smallest absolute Gasteiger partial charge is 0.311 e. The van der Waals surface area contributed by atoms with Crippen LogP contribution in [0.4, 0.5) is 11.4 Å². The van der Waals surface area contributed by atoms with Gasteiger partial charge in [-0.25, -0.2) is 5.43 Å². The van der Waals surface area contributed by atoms with Gasteiger partial charge in [-0.3, -0.25) is 25.0 Å². The Morgan fingerprint density at radius 3 is 2.65 bits per heavy atom. The maximum Gasteiger partial charge on any atom is 0.311 e. The maximum absolute atomic E-state index is 11.6. The van der Waals surface area contributed by atoms with Crippen molar-refractivity contribution in [3.63, 3.8) is 0 Å². The number of carbonyl (C=O) groups excluding carboxylic acids is 1. The first kappa shape index (κ1) is 18.3. The molecule has 0 aromatic heterocycles. The lowest BCUT2D eigenvalue weighted by Gasteiger charge is -2.04. The lowest BCUT2D eigenvalue weighted by Crippen LogP contribution is -2.24. The number of hydrogen-bond donors (Lipinski definition) is 2. The van der Waals surface area contributed by atoms with Gasteiger partial charge in [0.25, 0.3) is 11.6 Å². The number of nitro groups is 2. The van der Waals surface area contributed by atoms with E-state index in [2.05, 4.69) is 10.5 Å². The van der Waals surface area contributed by atoms with Gasteiger partial charge in [-0.1, -0.05) is 6.07 Å². The highest BCUT2D eigenvalue weighted by Crippen LogP contribution is 2.25. The Hall–Kier alpha value is -4.02. The summed E-state index contributed by atoms with van der Waals surface area (Å²) in [6.07, 6.45) is 1.15. The number of nitrogens with one attached hydrogen (secondary N) is 1. The highest BCUT2D eigenvalue weighted by molar-refractivity contribution is 5.84. The molecule has 0 fully saturated rings. The summed E-state index contributed by atoms with van der Waals surface area (Å²) < 4.78 is 5.11. The number of amides is 1. The molecule has 11 heteroatoms. The summed E-state index contributed by atoms with van der Waals surface area (Å²) in [4.78, 5) is 31.6. The number of ether oxygens (including phenoxy) is 1. The van der Waals surface area contributed by atoms with Gasteiger partial charge in [0.05, 0.1) is 22.1 Å². The van der Waals surface area contributed by atoms with Crippen molar-refractivity contribution in [1.82, 2.24) is 5.43 Å². The van der Waals surface area contributed by atoms with Gasteiger partial charge < -0.3 is 9.84 Å². The second kappa shape index (κ2) is 8.19. The molecule has 0 unspecified atom stereocenters. The Bertz CT molecular complexity index is 882. The molecule has 0 radical (unpaired) electrons. The molecular weight excluding hydrogens is 348 g/mol.